The summed E-state index contributed by atoms with van der Waals surface area (Å²) in [5, 5.41) is 1.38. The van der Waals surface area contributed by atoms with Crippen molar-refractivity contribution in [2.75, 3.05) is 0 Å². The van der Waals surface area contributed by atoms with Gasteiger partial charge >= 0.3 is 0 Å². The topological polar surface area (TPSA) is 0 Å². The molecule has 0 heterocycles. The zero-order valence-electron chi connectivity index (χ0n) is 15.7. The second-order valence-electron chi connectivity index (χ2n) is 6.52. The summed E-state index contributed by atoms with van der Waals surface area (Å²) in [5.41, 5.74) is 0.578. The van der Waals surface area contributed by atoms with Crippen LogP contribution in [0.25, 0.3) is 10.8 Å². The van der Waals surface area contributed by atoms with E-state index in [4.69, 9.17) is 0 Å². The summed E-state index contributed by atoms with van der Waals surface area (Å²) in [7, 11) is 0. The summed E-state index contributed by atoms with van der Waals surface area (Å²) in [4.78, 5) is 0. The summed E-state index contributed by atoms with van der Waals surface area (Å²) in [6, 6.07) is 19.7. The summed E-state index contributed by atoms with van der Waals surface area (Å²) in [6.45, 7) is 0. The van der Waals surface area contributed by atoms with Crippen LogP contribution in [-0.2, 0) is 0 Å². The van der Waals surface area contributed by atoms with Gasteiger partial charge in [0.05, 0.1) is 0 Å². The lowest BCUT2D eigenvalue weighted by Crippen LogP contribution is -2.04. The van der Waals surface area contributed by atoms with Crippen LogP contribution in [-0.4, -0.2) is 0 Å². The van der Waals surface area contributed by atoms with Gasteiger partial charge in [0.2, 0.25) is 5.82 Å². The van der Waals surface area contributed by atoms with Crippen molar-refractivity contribution in [2.45, 2.75) is 0 Å². The normalized spacial score (nSPS) is 10.2. The van der Waals surface area contributed by atoms with Crippen molar-refractivity contribution in [3.8, 4) is 23.7 Å². The van der Waals surface area contributed by atoms with Crippen LogP contribution in [0.1, 0.15) is 22.3 Å². The maximum Gasteiger partial charge on any atom is 0.200 e. The number of hydrogen-bond acceptors (Lipinski definition) is 0. The molecular weight excluding hydrogens is 407 g/mol. The summed E-state index contributed by atoms with van der Waals surface area (Å²) >= 11 is 0. The largest absolute Gasteiger partial charge is 0.202 e. The molecule has 4 aromatic rings. The highest BCUT2D eigenvalue weighted by atomic mass is 19.2. The molecule has 0 aliphatic heterocycles. The van der Waals surface area contributed by atoms with E-state index in [0.717, 1.165) is 10.9 Å². The maximum atomic E-state index is 14.0. The number of benzene rings is 4. The highest BCUT2D eigenvalue weighted by Crippen LogP contribution is 2.24. The SMILES string of the molecule is Fc1c(F)c(F)c(C#Cc2cccc3cccc(C#Cc4ccccc4)c23)c(F)c1F. The van der Waals surface area contributed by atoms with Crippen molar-refractivity contribution in [3.63, 3.8) is 0 Å². The van der Waals surface area contributed by atoms with Crippen molar-refractivity contribution in [2.24, 2.45) is 0 Å². The predicted octanol–water partition coefficient (Wildman–Crippen LogP) is 6.33. The zero-order chi connectivity index (χ0) is 22.0. The van der Waals surface area contributed by atoms with Crippen LogP contribution in [0.4, 0.5) is 22.0 Å². The standard InChI is InChI=1S/C26H11F5/c27-22-20(23(28)25(30)26(31)24(22)29)15-14-19-11-5-9-17-8-4-10-18(21(17)19)13-12-16-6-2-1-3-7-16/h1-11H. The molecule has 0 saturated carbocycles. The fraction of sp³-hybridized carbons (Fsp3) is 0. The molecule has 150 valence electrons. The van der Waals surface area contributed by atoms with Gasteiger partial charge in [-0.2, -0.15) is 0 Å². The molecule has 0 radical (unpaired) electrons. The molecule has 0 fully saturated rings. The van der Waals surface area contributed by atoms with E-state index >= 15 is 0 Å². The third kappa shape index (κ3) is 3.86. The van der Waals surface area contributed by atoms with Gasteiger partial charge < -0.3 is 0 Å². The molecule has 0 aliphatic carbocycles. The highest BCUT2D eigenvalue weighted by molar-refractivity contribution is 5.93. The van der Waals surface area contributed by atoms with E-state index < -0.39 is 34.6 Å². The minimum Gasteiger partial charge on any atom is -0.202 e. The zero-order valence-corrected chi connectivity index (χ0v) is 15.7. The van der Waals surface area contributed by atoms with Gasteiger partial charge in [-0.15, -0.1) is 0 Å². The van der Waals surface area contributed by atoms with Gasteiger partial charge in [0.25, 0.3) is 0 Å². The first kappa shape index (κ1) is 20.2. The van der Waals surface area contributed by atoms with Crippen LogP contribution in [0.15, 0.2) is 66.7 Å². The molecule has 0 aliphatic rings. The molecule has 0 spiro atoms. The molecule has 31 heavy (non-hydrogen) atoms. The Hall–Kier alpha value is -4.09. The molecule has 0 bridgehead atoms. The summed E-state index contributed by atoms with van der Waals surface area (Å²) in [5.74, 6) is 0.528. The maximum absolute atomic E-state index is 14.0. The van der Waals surface area contributed by atoms with E-state index in [1.807, 2.05) is 42.5 Å². The van der Waals surface area contributed by atoms with Crippen molar-refractivity contribution in [1.29, 1.82) is 0 Å². The van der Waals surface area contributed by atoms with Crippen LogP contribution in [0.2, 0.25) is 0 Å². The lowest BCUT2D eigenvalue weighted by atomic mass is 9.99. The smallest absolute Gasteiger partial charge is 0.200 e. The second kappa shape index (κ2) is 8.34. The first-order valence-electron chi connectivity index (χ1n) is 9.09. The fourth-order valence-corrected chi connectivity index (χ4v) is 3.05. The average molecular weight is 418 g/mol. The monoisotopic (exact) mass is 418 g/mol. The fourth-order valence-electron chi connectivity index (χ4n) is 3.05. The Morgan fingerprint density at radius 3 is 1.55 bits per heavy atom. The van der Waals surface area contributed by atoms with E-state index in [-0.39, 0.29) is 0 Å². The van der Waals surface area contributed by atoms with E-state index in [2.05, 4.69) is 23.7 Å². The van der Waals surface area contributed by atoms with Gasteiger partial charge in [-0.1, -0.05) is 66.1 Å². The minimum atomic E-state index is -2.22. The Morgan fingerprint density at radius 2 is 0.968 bits per heavy atom. The molecule has 0 amide bonds. The number of halogens is 5. The predicted molar refractivity (Wildman–Crippen MR) is 109 cm³/mol. The average Bonchev–Trinajstić information content (AvgIpc) is 2.80. The highest BCUT2D eigenvalue weighted by Gasteiger charge is 2.24. The van der Waals surface area contributed by atoms with E-state index in [9.17, 15) is 22.0 Å². The number of hydrogen-bond donors (Lipinski definition) is 0. The van der Waals surface area contributed by atoms with Gasteiger partial charge in [0.1, 0.15) is 5.56 Å². The molecule has 4 rings (SSSR count). The van der Waals surface area contributed by atoms with Crippen molar-refractivity contribution < 1.29 is 22.0 Å². The second-order valence-corrected chi connectivity index (χ2v) is 6.52. The van der Waals surface area contributed by atoms with Gasteiger partial charge in [-0.3, -0.25) is 0 Å². The molecule has 4 aromatic carbocycles. The Balaban J connectivity index is 1.88. The number of rotatable bonds is 0. The van der Waals surface area contributed by atoms with E-state index in [0.29, 0.717) is 16.5 Å². The van der Waals surface area contributed by atoms with Crippen LogP contribution in [0.3, 0.4) is 0 Å². The Labute approximate surface area is 175 Å². The molecule has 5 heteroatoms. The molecule has 0 nitrogen and oxygen atoms in total. The third-order valence-corrected chi connectivity index (χ3v) is 4.55. The third-order valence-electron chi connectivity index (χ3n) is 4.55. The summed E-state index contributed by atoms with van der Waals surface area (Å²) < 4.78 is 68.1. The first-order chi connectivity index (χ1) is 15.0. The van der Waals surface area contributed by atoms with Crippen LogP contribution in [0.5, 0.6) is 0 Å². The van der Waals surface area contributed by atoms with Gasteiger partial charge in [0, 0.05) is 22.1 Å². The van der Waals surface area contributed by atoms with Crippen LogP contribution < -0.4 is 0 Å². The van der Waals surface area contributed by atoms with Crippen molar-refractivity contribution >= 4 is 10.8 Å². The minimum absolute atomic E-state index is 0.347. The van der Waals surface area contributed by atoms with E-state index in [1.165, 1.54) is 0 Å². The summed E-state index contributed by atoms with van der Waals surface area (Å²) in [6.07, 6.45) is 0. The van der Waals surface area contributed by atoms with Gasteiger partial charge in [-0.25, -0.2) is 22.0 Å². The van der Waals surface area contributed by atoms with Crippen LogP contribution >= 0.6 is 0 Å². The quantitative estimate of drug-likeness (QED) is 0.135. The molecule has 0 N–H and O–H groups in total. The van der Waals surface area contributed by atoms with Crippen molar-refractivity contribution in [3.05, 3.63) is 118 Å². The molecular formula is C26H11F5. The van der Waals surface area contributed by atoms with Gasteiger partial charge in [0.15, 0.2) is 23.3 Å². The van der Waals surface area contributed by atoms with Crippen LogP contribution in [0, 0.1) is 52.8 Å². The number of fused-ring (bicyclic) bond motifs is 1. The van der Waals surface area contributed by atoms with Gasteiger partial charge in [-0.05, 0) is 29.7 Å². The molecule has 0 aromatic heterocycles. The Bertz CT molecular complexity index is 1400. The molecule has 0 saturated heterocycles. The van der Waals surface area contributed by atoms with Crippen molar-refractivity contribution in [1.82, 2.24) is 0 Å². The molecule has 0 unspecified atom stereocenters. The Morgan fingerprint density at radius 1 is 0.452 bits per heavy atom. The molecule has 0 atom stereocenters. The lowest BCUT2D eigenvalue weighted by molar-refractivity contribution is 0.376. The lowest BCUT2D eigenvalue weighted by Gasteiger charge is -2.05. The first-order valence-corrected chi connectivity index (χ1v) is 9.09. The Kier molecular flexibility index (Phi) is 5.43. The van der Waals surface area contributed by atoms with E-state index in [1.54, 1.807) is 24.3 Å².